The van der Waals surface area contributed by atoms with Crippen LogP contribution < -0.4 is 21.3 Å². The van der Waals surface area contributed by atoms with Gasteiger partial charge in [-0.05, 0) is 84.6 Å². The maximum atomic E-state index is 13.4. The fourth-order valence-electron chi connectivity index (χ4n) is 5.15. The Morgan fingerprint density at radius 2 is 0.875 bits per heavy atom. The van der Waals surface area contributed by atoms with E-state index in [1.54, 1.807) is 62.4 Å². The zero-order valence-electron chi connectivity index (χ0n) is 21.2. The number of hydrogen-bond donors (Lipinski definition) is 2. The lowest BCUT2D eigenvalue weighted by atomic mass is 9.97. The number of hydrogen-bond acceptors (Lipinski definition) is 6. The molecule has 0 saturated carbocycles. The van der Waals surface area contributed by atoms with E-state index in [9.17, 15) is 19.2 Å². The lowest BCUT2D eigenvalue weighted by Gasteiger charge is -2.17. The third-order valence-corrected chi connectivity index (χ3v) is 7.87. The fraction of sp³-hybridized carbons (Fsp3) is 0.0667. The SMILES string of the molecule is Cc1cc(N)c(Cl)cc1N1C(=O)c2ccc(-c3ccc4c(c3)C(=O)N(c3cc(Cl)c(N)cc3C)C4=O)cc2C1=O. The predicted molar refractivity (Wildman–Crippen MR) is 155 cm³/mol. The Labute approximate surface area is 238 Å². The molecule has 2 heterocycles. The van der Waals surface area contributed by atoms with Crippen molar-refractivity contribution < 1.29 is 19.2 Å². The normalized spacial score (nSPS) is 14.3. The number of anilines is 4. The monoisotopic (exact) mass is 570 g/mol. The molecule has 0 fully saturated rings. The van der Waals surface area contributed by atoms with Crippen LogP contribution in [0.1, 0.15) is 52.6 Å². The number of benzene rings is 4. The summed E-state index contributed by atoms with van der Waals surface area (Å²) in [6, 6.07) is 16.0. The first-order valence-electron chi connectivity index (χ1n) is 12.1. The van der Waals surface area contributed by atoms with Gasteiger partial charge in [0.05, 0.1) is 55.0 Å². The standard InChI is InChI=1S/C30H20Cl2N4O4/c1-13-7-23(33)21(31)11-25(13)35-27(37)17-5-3-15(9-19(17)29(35)39)16-4-6-18-20(10-16)30(40)36(28(18)38)26-12-22(32)24(34)8-14(26)2/h3-12H,33-34H2,1-2H3. The van der Waals surface area contributed by atoms with Crippen molar-refractivity contribution in [3.05, 3.63) is 104 Å². The molecule has 0 atom stereocenters. The highest BCUT2D eigenvalue weighted by Crippen LogP contribution is 2.38. The van der Waals surface area contributed by atoms with Gasteiger partial charge in [0.15, 0.2) is 0 Å². The Bertz CT molecular complexity index is 1730. The van der Waals surface area contributed by atoms with Crippen molar-refractivity contribution >= 4 is 69.6 Å². The molecule has 0 spiro atoms. The second-order valence-electron chi connectivity index (χ2n) is 9.73. The molecule has 4 N–H and O–H groups in total. The van der Waals surface area contributed by atoms with E-state index in [0.29, 0.717) is 45.0 Å². The molecule has 2 aliphatic heterocycles. The quantitative estimate of drug-likeness (QED) is 0.228. The van der Waals surface area contributed by atoms with Crippen LogP contribution in [0.3, 0.4) is 0 Å². The van der Waals surface area contributed by atoms with Gasteiger partial charge in [-0.1, -0.05) is 35.3 Å². The Morgan fingerprint density at radius 3 is 1.25 bits per heavy atom. The van der Waals surface area contributed by atoms with Crippen molar-refractivity contribution in [1.29, 1.82) is 0 Å². The van der Waals surface area contributed by atoms with E-state index in [1.807, 2.05) is 0 Å². The van der Waals surface area contributed by atoms with Gasteiger partial charge < -0.3 is 11.5 Å². The van der Waals surface area contributed by atoms with E-state index in [4.69, 9.17) is 34.7 Å². The number of carbonyl (C=O) groups is 4. The van der Waals surface area contributed by atoms with Crippen molar-refractivity contribution in [2.75, 3.05) is 21.3 Å². The Kier molecular flexibility index (Phi) is 5.72. The van der Waals surface area contributed by atoms with Crippen molar-refractivity contribution in [3.8, 4) is 11.1 Å². The highest BCUT2D eigenvalue weighted by molar-refractivity contribution is 6.38. The third kappa shape index (κ3) is 3.68. The number of nitrogen functional groups attached to an aromatic ring is 2. The van der Waals surface area contributed by atoms with Crippen molar-refractivity contribution in [1.82, 2.24) is 0 Å². The van der Waals surface area contributed by atoms with Crippen LogP contribution in [0.2, 0.25) is 10.0 Å². The summed E-state index contributed by atoms with van der Waals surface area (Å²) in [5.41, 5.74) is 16.5. The summed E-state index contributed by atoms with van der Waals surface area (Å²) < 4.78 is 0. The molecule has 4 amide bonds. The van der Waals surface area contributed by atoms with Crippen molar-refractivity contribution in [3.63, 3.8) is 0 Å². The van der Waals surface area contributed by atoms with Crippen LogP contribution in [0.5, 0.6) is 0 Å². The van der Waals surface area contributed by atoms with Crippen LogP contribution in [-0.4, -0.2) is 23.6 Å². The van der Waals surface area contributed by atoms with E-state index >= 15 is 0 Å². The van der Waals surface area contributed by atoms with Crippen LogP contribution in [0.25, 0.3) is 11.1 Å². The van der Waals surface area contributed by atoms with Gasteiger partial charge in [0.1, 0.15) is 0 Å². The van der Waals surface area contributed by atoms with Crippen LogP contribution in [0, 0.1) is 13.8 Å². The minimum Gasteiger partial charge on any atom is -0.398 e. The minimum atomic E-state index is -0.500. The van der Waals surface area contributed by atoms with Crippen molar-refractivity contribution in [2.24, 2.45) is 0 Å². The lowest BCUT2D eigenvalue weighted by Crippen LogP contribution is -2.30. The van der Waals surface area contributed by atoms with Gasteiger partial charge in [0, 0.05) is 0 Å². The molecular weight excluding hydrogens is 551 g/mol. The van der Waals surface area contributed by atoms with Crippen LogP contribution >= 0.6 is 23.2 Å². The maximum absolute atomic E-state index is 13.4. The summed E-state index contributed by atoms with van der Waals surface area (Å²) in [7, 11) is 0. The molecule has 8 nitrogen and oxygen atoms in total. The zero-order chi connectivity index (χ0) is 28.6. The minimum absolute atomic E-state index is 0.214. The summed E-state index contributed by atoms with van der Waals surface area (Å²) in [6.07, 6.45) is 0. The molecule has 0 aliphatic carbocycles. The molecule has 4 aromatic carbocycles. The summed E-state index contributed by atoms with van der Waals surface area (Å²) >= 11 is 12.4. The van der Waals surface area contributed by atoms with Crippen LogP contribution in [0.15, 0.2) is 60.7 Å². The van der Waals surface area contributed by atoms with Crippen LogP contribution in [0.4, 0.5) is 22.7 Å². The Morgan fingerprint density at radius 1 is 0.525 bits per heavy atom. The molecule has 0 radical (unpaired) electrons. The topological polar surface area (TPSA) is 127 Å². The largest absolute Gasteiger partial charge is 0.398 e. The molecule has 0 saturated heterocycles. The number of imide groups is 2. The third-order valence-electron chi connectivity index (χ3n) is 7.22. The molecule has 0 aromatic heterocycles. The van der Waals surface area contributed by atoms with Crippen LogP contribution in [-0.2, 0) is 0 Å². The summed E-state index contributed by atoms with van der Waals surface area (Å²) in [4.78, 5) is 55.4. The van der Waals surface area contributed by atoms with E-state index in [1.165, 1.54) is 12.1 Å². The summed E-state index contributed by atoms with van der Waals surface area (Å²) in [5.74, 6) is -1.95. The highest BCUT2D eigenvalue weighted by Gasteiger charge is 2.39. The Hall–Kier alpha value is -4.66. The molecule has 6 rings (SSSR count). The van der Waals surface area contributed by atoms with Gasteiger partial charge >= 0.3 is 0 Å². The second-order valence-corrected chi connectivity index (χ2v) is 10.5. The summed E-state index contributed by atoms with van der Waals surface area (Å²) in [5, 5.41) is 0.473. The fourth-order valence-corrected chi connectivity index (χ4v) is 5.46. The maximum Gasteiger partial charge on any atom is 0.266 e. The molecule has 0 bridgehead atoms. The smallest absolute Gasteiger partial charge is 0.266 e. The summed E-state index contributed by atoms with van der Waals surface area (Å²) in [6.45, 7) is 3.48. The average molecular weight is 571 g/mol. The number of nitrogens with two attached hydrogens (primary N) is 2. The molecular formula is C30H20Cl2N4O4. The van der Waals surface area contributed by atoms with E-state index in [2.05, 4.69) is 0 Å². The van der Waals surface area contributed by atoms with Gasteiger partial charge in [-0.25, -0.2) is 9.80 Å². The number of fused-ring (bicyclic) bond motifs is 2. The van der Waals surface area contributed by atoms with Gasteiger partial charge in [0.2, 0.25) is 0 Å². The first-order chi connectivity index (χ1) is 19.0. The Balaban J connectivity index is 1.37. The molecule has 0 unspecified atom stereocenters. The van der Waals surface area contributed by atoms with Gasteiger partial charge in [-0.3, -0.25) is 19.2 Å². The number of amides is 4. The number of aryl methyl sites for hydroxylation is 2. The molecule has 4 aromatic rings. The van der Waals surface area contributed by atoms with Gasteiger partial charge in [-0.15, -0.1) is 0 Å². The van der Waals surface area contributed by atoms with E-state index in [0.717, 1.165) is 9.80 Å². The first kappa shape index (κ1) is 25.6. The average Bonchev–Trinajstić information content (AvgIpc) is 3.32. The van der Waals surface area contributed by atoms with Gasteiger partial charge in [0.25, 0.3) is 23.6 Å². The van der Waals surface area contributed by atoms with Gasteiger partial charge in [-0.2, -0.15) is 0 Å². The number of rotatable bonds is 3. The van der Waals surface area contributed by atoms with Crippen molar-refractivity contribution in [2.45, 2.75) is 13.8 Å². The van der Waals surface area contributed by atoms with E-state index < -0.39 is 23.6 Å². The zero-order valence-corrected chi connectivity index (χ0v) is 22.7. The number of nitrogens with zero attached hydrogens (tertiary/aromatic N) is 2. The molecule has 10 heteroatoms. The molecule has 198 valence electrons. The predicted octanol–water partition coefficient (Wildman–Crippen LogP) is 6.04. The second kappa shape index (κ2) is 8.94. The molecule has 40 heavy (non-hydrogen) atoms. The first-order valence-corrected chi connectivity index (χ1v) is 12.9. The van der Waals surface area contributed by atoms with E-state index in [-0.39, 0.29) is 32.3 Å². The number of halogens is 2. The molecule has 2 aliphatic rings. The lowest BCUT2D eigenvalue weighted by molar-refractivity contribution is 0.0910. The highest BCUT2D eigenvalue weighted by atomic mass is 35.5. The number of carbonyl (C=O) groups excluding carboxylic acids is 4.